The van der Waals surface area contributed by atoms with E-state index in [2.05, 4.69) is 20.6 Å². The summed E-state index contributed by atoms with van der Waals surface area (Å²) in [7, 11) is 3.23. The highest BCUT2D eigenvalue weighted by molar-refractivity contribution is 5.94. The molecule has 1 fully saturated rings. The third-order valence-electron chi connectivity index (χ3n) is 5.86. The second-order valence-electron chi connectivity index (χ2n) is 8.54. The number of methoxy groups -OCH3 is 1. The van der Waals surface area contributed by atoms with E-state index in [0.717, 1.165) is 18.9 Å². The molecule has 7 nitrogen and oxygen atoms in total. The van der Waals surface area contributed by atoms with Crippen LogP contribution in [0.3, 0.4) is 0 Å². The molecule has 2 aromatic rings. The first-order valence-corrected chi connectivity index (χ1v) is 11.0. The van der Waals surface area contributed by atoms with Crippen LogP contribution in [0.5, 0.6) is 5.75 Å². The van der Waals surface area contributed by atoms with Gasteiger partial charge in [-0.15, -0.1) is 0 Å². The number of benzene rings is 1. The fourth-order valence-electron chi connectivity index (χ4n) is 3.64. The van der Waals surface area contributed by atoms with Gasteiger partial charge >= 0.3 is 6.18 Å². The average molecular weight is 466 g/mol. The number of carbonyl (C=O) groups is 1. The van der Waals surface area contributed by atoms with Crippen molar-refractivity contribution in [3.63, 3.8) is 0 Å². The SMILES string of the molecule is COc1ccc(C(=O)NC2CCC(Nc3cc(C(F)(F)F)nc(N(C)C(C)C)n3)CC2)cc1. The number of alkyl halides is 3. The molecule has 0 radical (unpaired) electrons. The van der Waals surface area contributed by atoms with Crippen molar-refractivity contribution in [3.8, 4) is 5.75 Å². The molecular weight excluding hydrogens is 435 g/mol. The molecule has 1 aromatic heterocycles. The molecule has 0 spiro atoms. The van der Waals surface area contributed by atoms with Gasteiger partial charge in [0, 0.05) is 36.8 Å². The summed E-state index contributed by atoms with van der Waals surface area (Å²) in [5.74, 6) is 0.716. The number of aromatic nitrogens is 2. The number of halogens is 3. The summed E-state index contributed by atoms with van der Waals surface area (Å²) >= 11 is 0. The van der Waals surface area contributed by atoms with Crippen molar-refractivity contribution in [1.29, 1.82) is 0 Å². The quantitative estimate of drug-likeness (QED) is 0.627. The van der Waals surface area contributed by atoms with Crippen molar-refractivity contribution < 1.29 is 22.7 Å². The molecule has 1 saturated carbocycles. The highest BCUT2D eigenvalue weighted by atomic mass is 19.4. The predicted octanol–water partition coefficient (Wildman–Crippen LogP) is 4.50. The van der Waals surface area contributed by atoms with E-state index >= 15 is 0 Å². The summed E-state index contributed by atoms with van der Waals surface area (Å²) < 4.78 is 45.2. The molecule has 0 unspecified atom stereocenters. The second kappa shape index (κ2) is 10.3. The smallest absolute Gasteiger partial charge is 0.433 e. The van der Waals surface area contributed by atoms with Crippen LogP contribution in [0.4, 0.5) is 24.9 Å². The van der Waals surface area contributed by atoms with Gasteiger partial charge in [0.2, 0.25) is 5.95 Å². The van der Waals surface area contributed by atoms with Gasteiger partial charge in [-0.05, 0) is 63.8 Å². The van der Waals surface area contributed by atoms with Crippen molar-refractivity contribution in [3.05, 3.63) is 41.6 Å². The predicted molar refractivity (Wildman–Crippen MR) is 121 cm³/mol. The standard InChI is InChI=1S/C23H30F3N5O2/c1-14(2)31(3)22-29-19(23(24,25)26)13-20(30-22)27-16-7-9-17(10-8-16)28-21(32)15-5-11-18(33-4)12-6-15/h5-6,11-14,16-17H,7-10H2,1-4H3,(H,28,32)(H,27,29,30). The summed E-state index contributed by atoms with van der Waals surface area (Å²) in [6.07, 6.45) is -1.72. The fourth-order valence-corrected chi connectivity index (χ4v) is 3.64. The van der Waals surface area contributed by atoms with Crippen LogP contribution < -0.4 is 20.3 Å². The minimum Gasteiger partial charge on any atom is -0.497 e. The molecule has 33 heavy (non-hydrogen) atoms. The van der Waals surface area contributed by atoms with E-state index < -0.39 is 11.9 Å². The molecule has 1 aromatic carbocycles. The lowest BCUT2D eigenvalue weighted by Gasteiger charge is -2.30. The number of hydrogen-bond acceptors (Lipinski definition) is 6. The van der Waals surface area contributed by atoms with E-state index in [0.29, 0.717) is 24.2 Å². The van der Waals surface area contributed by atoms with E-state index in [1.807, 2.05) is 13.8 Å². The van der Waals surface area contributed by atoms with Gasteiger partial charge in [0.1, 0.15) is 11.6 Å². The van der Waals surface area contributed by atoms with Crippen LogP contribution in [-0.2, 0) is 6.18 Å². The van der Waals surface area contributed by atoms with Crippen LogP contribution in [0.1, 0.15) is 55.6 Å². The number of carbonyl (C=O) groups excluding carboxylic acids is 1. The maximum absolute atomic E-state index is 13.4. The number of nitrogens with zero attached hydrogens (tertiary/aromatic N) is 3. The minimum absolute atomic E-state index is 0.0106. The van der Waals surface area contributed by atoms with Crippen molar-refractivity contribution in [2.24, 2.45) is 0 Å². The Labute approximate surface area is 191 Å². The molecule has 0 aliphatic heterocycles. The van der Waals surface area contributed by atoms with Gasteiger partial charge in [-0.1, -0.05) is 0 Å². The van der Waals surface area contributed by atoms with Gasteiger partial charge in [-0.3, -0.25) is 4.79 Å². The third-order valence-corrected chi connectivity index (χ3v) is 5.86. The van der Waals surface area contributed by atoms with Gasteiger partial charge in [0.05, 0.1) is 7.11 Å². The molecule has 10 heteroatoms. The lowest BCUT2D eigenvalue weighted by Crippen LogP contribution is -2.40. The fraction of sp³-hybridized carbons (Fsp3) is 0.522. The van der Waals surface area contributed by atoms with Gasteiger partial charge in [0.15, 0.2) is 5.69 Å². The molecule has 0 atom stereocenters. The normalized spacial score (nSPS) is 18.7. The highest BCUT2D eigenvalue weighted by Gasteiger charge is 2.34. The van der Waals surface area contributed by atoms with E-state index in [4.69, 9.17) is 4.74 Å². The Morgan fingerprint density at radius 3 is 2.24 bits per heavy atom. The Hall–Kier alpha value is -3.04. The van der Waals surface area contributed by atoms with Crippen molar-refractivity contribution in [2.75, 3.05) is 24.4 Å². The van der Waals surface area contributed by atoms with Crippen LogP contribution >= 0.6 is 0 Å². The molecule has 3 rings (SSSR count). The largest absolute Gasteiger partial charge is 0.497 e. The number of hydrogen-bond donors (Lipinski definition) is 2. The number of nitrogens with one attached hydrogen (secondary N) is 2. The summed E-state index contributed by atoms with van der Waals surface area (Å²) in [6.45, 7) is 3.72. The monoisotopic (exact) mass is 465 g/mol. The zero-order chi connectivity index (χ0) is 24.2. The Morgan fingerprint density at radius 1 is 1.09 bits per heavy atom. The first-order valence-electron chi connectivity index (χ1n) is 11.0. The Bertz CT molecular complexity index is 942. The first kappa shape index (κ1) is 24.6. The van der Waals surface area contributed by atoms with Crippen LogP contribution in [0.15, 0.2) is 30.3 Å². The summed E-state index contributed by atoms with van der Waals surface area (Å²) in [6, 6.07) is 7.76. The maximum Gasteiger partial charge on any atom is 0.433 e. The number of amides is 1. The van der Waals surface area contributed by atoms with Gasteiger partial charge < -0.3 is 20.3 Å². The summed E-state index contributed by atoms with van der Waals surface area (Å²) in [5, 5.41) is 6.18. The summed E-state index contributed by atoms with van der Waals surface area (Å²) in [5.41, 5.74) is -0.415. The van der Waals surface area contributed by atoms with Crippen molar-refractivity contribution in [2.45, 2.75) is 63.8 Å². The topological polar surface area (TPSA) is 79.4 Å². The lowest BCUT2D eigenvalue weighted by atomic mass is 9.91. The number of ether oxygens (including phenoxy) is 1. The molecule has 1 amide bonds. The van der Waals surface area contributed by atoms with Crippen LogP contribution in [-0.4, -0.2) is 48.2 Å². The minimum atomic E-state index is -4.56. The maximum atomic E-state index is 13.4. The average Bonchev–Trinajstić information content (AvgIpc) is 2.79. The molecule has 0 bridgehead atoms. The lowest BCUT2D eigenvalue weighted by molar-refractivity contribution is -0.141. The molecule has 0 saturated heterocycles. The highest BCUT2D eigenvalue weighted by Crippen LogP contribution is 2.31. The molecule has 1 aliphatic rings. The van der Waals surface area contributed by atoms with Crippen LogP contribution in [0, 0.1) is 0 Å². The number of anilines is 2. The number of rotatable bonds is 7. The first-order chi connectivity index (χ1) is 15.6. The van der Waals surface area contributed by atoms with Crippen molar-refractivity contribution in [1.82, 2.24) is 15.3 Å². The van der Waals surface area contributed by atoms with E-state index in [-0.39, 0.29) is 35.8 Å². The second-order valence-corrected chi connectivity index (χ2v) is 8.54. The third kappa shape index (κ3) is 6.49. The zero-order valence-corrected chi connectivity index (χ0v) is 19.2. The molecule has 1 heterocycles. The molecule has 180 valence electrons. The Kier molecular flexibility index (Phi) is 7.65. The van der Waals surface area contributed by atoms with E-state index in [1.165, 1.54) is 0 Å². The van der Waals surface area contributed by atoms with Crippen molar-refractivity contribution >= 4 is 17.7 Å². The molecule has 2 N–H and O–H groups in total. The summed E-state index contributed by atoms with van der Waals surface area (Å²) in [4.78, 5) is 22.1. The van der Waals surface area contributed by atoms with Gasteiger partial charge in [-0.25, -0.2) is 4.98 Å². The van der Waals surface area contributed by atoms with Gasteiger partial charge in [-0.2, -0.15) is 18.2 Å². The Morgan fingerprint density at radius 2 is 1.70 bits per heavy atom. The van der Waals surface area contributed by atoms with E-state index in [9.17, 15) is 18.0 Å². The van der Waals surface area contributed by atoms with E-state index in [1.54, 1.807) is 43.3 Å². The Balaban J connectivity index is 1.60. The van der Waals surface area contributed by atoms with Crippen LogP contribution in [0.2, 0.25) is 0 Å². The van der Waals surface area contributed by atoms with Gasteiger partial charge in [0.25, 0.3) is 5.91 Å². The zero-order valence-electron chi connectivity index (χ0n) is 19.2. The molecular formula is C23H30F3N5O2. The van der Waals surface area contributed by atoms with Crippen LogP contribution in [0.25, 0.3) is 0 Å². The molecule has 1 aliphatic carbocycles.